The van der Waals surface area contributed by atoms with E-state index < -0.39 is 0 Å². The number of carbonyl (C=O) groups excluding carboxylic acids is 1. The van der Waals surface area contributed by atoms with Gasteiger partial charge in [0.1, 0.15) is 6.10 Å². The minimum atomic E-state index is -0.343. The van der Waals surface area contributed by atoms with Crippen LogP contribution in [0, 0.1) is 5.92 Å². The topological polar surface area (TPSA) is 59.0 Å². The lowest BCUT2D eigenvalue weighted by Crippen LogP contribution is -2.31. The standard InChI is InChI=1S/C9H15NO4/c11-5-8-4-10(9(12)14-8)3-7-1-2-13-6-7/h7-8,11H,1-6H2/t7?,8-/m1/s1. The molecule has 2 saturated heterocycles. The first-order valence-electron chi connectivity index (χ1n) is 4.93. The van der Waals surface area contributed by atoms with Gasteiger partial charge in [0.2, 0.25) is 0 Å². The second kappa shape index (κ2) is 4.14. The Bertz CT molecular complexity index is 215. The third-order valence-corrected chi connectivity index (χ3v) is 2.66. The Morgan fingerprint density at radius 3 is 3.00 bits per heavy atom. The van der Waals surface area contributed by atoms with E-state index in [2.05, 4.69) is 0 Å². The molecule has 2 aliphatic heterocycles. The van der Waals surface area contributed by atoms with Gasteiger partial charge < -0.3 is 19.5 Å². The highest BCUT2D eigenvalue weighted by Crippen LogP contribution is 2.18. The van der Waals surface area contributed by atoms with Gasteiger partial charge in [-0.3, -0.25) is 0 Å². The Morgan fingerprint density at radius 2 is 2.43 bits per heavy atom. The Balaban J connectivity index is 1.82. The molecule has 0 aliphatic carbocycles. The molecule has 1 amide bonds. The monoisotopic (exact) mass is 201 g/mol. The lowest BCUT2D eigenvalue weighted by atomic mass is 10.1. The van der Waals surface area contributed by atoms with Crippen LogP contribution in [-0.2, 0) is 9.47 Å². The highest BCUT2D eigenvalue weighted by atomic mass is 16.6. The molecule has 0 aromatic carbocycles. The molecular formula is C9H15NO4. The van der Waals surface area contributed by atoms with Crippen LogP contribution in [0.25, 0.3) is 0 Å². The van der Waals surface area contributed by atoms with Crippen LogP contribution in [0.15, 0.2) is 0 Å². The number of aliphatic hydroxyl groups is 1. The number of amides is 1. The molecule has 1 unspecified atom stereocenters. The summed E-state index contributed by atoms with van der Waals surface area (Å²) < 4.78 is 10.2. The first kappa shape index (κ1) is 9.73. The average Bonchev–Trinajstić information content (AvgIpc) is 2.78. The summed E-state index contributed by atoms with van der Waals surface area (Å²) in [6.07, 6.45) is 0.355. The number of hydrogen-bond donors (Lipinski definition) is 1. The molecule has 0 spiro atoms. The van der Waals surface area contributed by atoms with Crippen LogP contribution in [0.5, 0.6) is 0 Å². The van der Waals surface area contributed by atoms with Crippen molar-refractivity contribution in [1.29, 1.82) is 0 Å². The summed E-state index contributed by atoms with van der Waals surface area (Å²) in [5.74, 6) is 0.431. The molecule has 14 heavy (non-hydrogen) atoms. The predicted octanol–water partition coefficient (Wildman–Crippen LogP) is -0.164. The number of aliphatic hydroxyl groups excluding tert-OH is 1. The van der Waals surface area contributed by atoms with Crippen molar-refractivity contribution in [2.75, 3.05) is 32.9 Å². The van der Waals surface area contributed by atoms with Gasteiger partial charge >= 0.3 is 6.09 Å². The zero-order valence-corrected chi connectivity index (χ0v) is 8.02. The zero-order chi connectivity index (χ0) is 9.97. The van der Waals surface area contributed by atoms with Crippen molar-refractivity contribution in [2.45, 2.75) is 12.5 Å². The summed E-state index contributed by atoms with van der Waals surface area (Å²) in [6, 6.07) is 0. The van der Waals surface area contributed by atoms with E-state index in [-0.39, 0.29) is 18.8 Å². The highest BCUT2D eigenvalue weighted by molar-refractivity contribution is 5.69. The second-order valence-corrected chi connectivity index (χ2v) is 3.82. The Labute approximate surface area is 82.6 Å². The molecule has 2 fully saturated rings. The second-order valence-electron chi connectivity index (χ2n) is 3.82. The van der Waals surface area contributed by atoms with Gasteiger partial charge in [0.05, 0.1) is 19.8 Å². The number of carbonyl (C=O) groups is 1. The quantitative estimate of drug-likeness (QED) is 0.689. The van der Waals surface area contributed by atoms with E-state index in [9.17, 15) is 4.79 Å². The van der Waals surface area contributed by atoms with Gasteiger partial charge in [0.25, 0.3) is 0 Å². The summed E-state index contributed by atoms with van der Waals surface area (Å²) in [4.78, 5) is 12.9. The van der Waals surface area contributed by atoms with Gasteiger partial charge in [0, 0.05) is 19.1 Å². The van der Waals surface area contributed by atoms with Crippen molar-refractivity contribution in [2.24, 2.45) is 5.92 Å². The lowest BCUT2D eigenvalue weighted by Gasteiger charge is -2.16. The van der Waals surface area contributed by atoms with Crippen molar-refractivity contribution < 1.29 is 19.4 Å². The molecule has 80 valence electrons. The molecule has 0 aromatic rings. The molecule has 0 aromatic heterocycles. The fourth-order valence-corrected chi connectivity index (χ4v) is 1.86. The molecule has 2 atom stereocenters. The van der Waals surface area contributed by atoms with Gasteiger partial charge in [0.15, 0.2) is 0 Å². The molecule has 0 radical (unpaired) electrons. The zero-order valence-electron chi connectivity index (χ0n) is 8.02. The van der Waals surface area contributed by atoms with Crippen LogP contribution < -0.4 is 0 Å². The van der Waals surface area contributed by atoms with Crippen LogP contribution >= 0.6 is 0 Å². The molecule has 1 N–H and O–H groups in total. The van der Waals surface area contributed by atoms with E-state index in [4.69, 9.17) is 14.6 Å². The number of rotatable bonds is 3. The van der Waals surface area contributed by atoms with E-state index in [1.54, 1.807) is 4.90 Å². The molecule has 2 aliphatic rings. The van der Waals surface area contributed by atoms with Crippen molar-refractivity contribution in [3.63, 3.8) is 0 Å². The van der Waals surface area contributed by atoms with Crippen LogP contribution in [-0.4, -0.2) is 55.1 Å². The maximum absolute atomic E-state index is 11.3. The highest BCUT2D eigenvalue weighted by Gasteiger charge is 2.32. The Kier molecular flexibility index (Phi) is 2.88. The van der Waals surface area contributed by atoms with Gasteiger partial charge in [-0.25, -0.2) is 4.79 Å². The third-order valence-electron chi connectivity index (χ3n) is 2.66. The molecule has 5 nitrogen and oxygen atoms in total. The number of hydrogen-bond acceptors (Lipinski definition) is 4. The summed E-state index contributed by atoms with van der Waals surface area (Å²) in [5.41, 5.74) is 0. The van der Waals surface area contributed by atoms with E-state index in [1.807, 2.05) is 0 Å². The fourth-order valence-electron chi connectivity index (χ4n) is 1.86. The largest absolute Gasteiger partial charge is 0.442 e. The lowest BCUT2D eigenvalue weighted by molar-refractivity contribution is 0.0944. The van der Waals surface area contributed by atoms with E-state index in [1.165, 1.54) is 0 Å². The summed E-state index contributed by atoms with van der Waals surface area (Å²) in [5, 5.41) is 8.83. The molecule has 0 bridgehead atoms. The molecule has 2 rings (SSSR count). The Morgan fingerprint density at radius 1 is 1.57 bits per heavy atom. The summed E-state index contributed by atoms with van der Waals surface area (Å²) in [6.45, 7) is 2.62. The van der Waals surface area contributed by atoms with Crippen molar-refractivity contribution in [3.05, 3.63) is 0 Å². The van der Waals surface area contributed by atoms with E-state index >= 15 is 0 Å². The normalized spacial score (nSPS) is 32.4. The first-order valence-corrected chi connectivity index (χ1v) is 4.93. The predicted molar refractivity (Wildman–Crippen MR) is 47.9 cm³/mol. The van der Waals surface area contributed by atoms with Crippen molar-refractivity contribution >= 4 is 6.09 Å². The van der Waals surface area contributed by atoms with E-state index in [0.717, 1.165) is 19.6 Å². The third kappa shape index (κ3) is 1.99. The summed E-state index contributed by atoms with van der Waals surface area (Å²) in [7, 11) is 0. The average molecular weight is 201 g/mol. The van der Waals surface area contributed by atoms with Gasteiger partial charge in [-0.2, -0.15) is 0 Å². The minimum Gasteiger partial charge on any atom is -0.442 e. The fraction of sp³-hybridized carbons (Fsp3) is 0.889. The summed E-state index contributed by atoms with van der Waals surface area (Å²) >= 11 is 0. The number of ether oxygens (including phenoxy) is 2. The van der Waals surface area contributed by atoms with Crippen molar-refractivity contribution in [3.8, 4) is 0 Å². The van der Waals surface area contributed by atoms with Crippen LogP contribution in [0.1, 0.15) is 6.42 Å². The van der Waals surface area contributed by atoms with Gasteiger partial charge in [-0.05, 0) is 6.42 Å². The van der Waals surface area contributed by atoms with Crippen LogP contribution in [0.3, 0.4) is 0 Å². The molecule has 0 saturated carbocycles. The SMILES string of the molecule is O=C1O[C@@H](CO)CN1CC1CCOC1. The van der Waals surface area contributed by atoms with Crippen LogP contribution in [0.2, 0.25) is 0 Å². The maximum Gasteiger partial charge on any atom is 0.410 e. The van der Waals surface area contributed by atoms with Crippen LogP contribution in [0.4, 0.5) is 4.79 Å². The first-order chi connectivity index (χ1) is 6.79. The van der Waals surface area contributed by atoms with Gasteiger partial charge in [-0.15, -0.1) is 0 Å². The van der Waals surface area contributed by atoms with E-state index in [0.29, 0.717) is 19.0 Å². The molecule has 2 heterocycles. The maximum atomic E-state index is 11.3. The Hall–Kier alpha value is -0.810. The van der Waals surface area contributed by atoms with Gasteiger partial charge in [-0.1, -0.05) is 0 Å². The molecule has 5 heteroatoms. The number of nitrogens with zero attached hydrogens (tertiary/aromatic N) is 1. The molecular weight excluding hydrogens is 186 g/mol. The minimum absolute atomic E-state index is 0.0938. The van der Waals surface area contributed by atoms with Crippen molar-refractivity contribution in [1.82, 2.24) is 4.90 Å². The number of cyclic esters (lactones) is 1. The smallest absolute Gasteiger partial charge is 0.410 e.